The fourth-order valence-electron chi connectivity index (χ4n) is 1.59. The fourth-order valence-corrected chi connectivity index (χ4v) is 2.17. The number of nitrogens with one attached hydrogen (secondary N) is 1. The lowest BCUT2D eigenvalue weighted by molar-refractivity contribution is 0.146. The van der Waals surface area contributed by atoms with Crippen LogP contribution in [0.5, 0.6) is 0 Å². The maximum atomic E-state index is 5.98. The van der Waals surface area contributed by atoms with Crippen LogP contribution in [0.1, 0.15) is 19.4 Å². The quantitative estimate of drug-likeness (QED) is 0.859. The molecule has 0 aliphatic heterocycles. The summed E-state index contributed by atoms with van der Waals surface area (Å²) in [6.45, 7) is 5.87. The molecule has 1 rings (SSSR count). The van der Waals surface area contributed by atoms with Crippen LogP contribution < -0.4 is 5.32 Å². The molecule has 0 aliphatic carbocycles. The van der Waals surface area contributed by atoms with Crippen molar-refractivity contribution in [2.24, 2.45) is 5.92 Å². The third kappa shape index (κ3) is 4.96. The smallest absolute Gasteiger partial charge is 0.0618 e. The minimum absolute atomic E-state index is 0.353. The Hall–Kier alpha value is -0.0900. The molecule has 1 N–H and O–H groups in total. The van der Waals surface area contributed by atoms with Gasteiger partial charge in [-0.3, -0.25) is 0 Å². The number of benzene rings is 1. The van der Waals surface area contributed by atoms with Gasteiger partial charge in [-0.2, -0.15) is 0 Å². The second-order valence-corrected chi connectivity index (χ2v) is 5.71. The van der Waals surface area contributed by atoms with Gasteiger partial charge in [0.15, 0.2) is 0 Å². The zero-order valence-corrected chi connectivity index (χ0v) is 12.8. The van der Waals surface area contributed by atoms with Gasteiger partial charge in [-0.1, -0.05) is 41.4 Å². The van der Waals surface area contributed by atoms with Gasteiger partial charge in [-0.05, 0) is 29.7 Å². The van der Waals surface area contributed by atoms with E-state index in [1.807, 2.05) is 18.2 Å². The molecule has 0 radical (unpaired) electrons. The molecule has 0 spiro atoms. The normalized spacial score (nSPS) is 13.1. The zero-order chi connectivity index (χ0) is 12.8. The highest BCUT2D eigenvalue weighted by atomic mass is 79.9. The summed E-state index contributed by atoms with van der Waals surface area (Å²) in [5.74, 6) is 0.535. The van der Waals surface area contributed by atoms with Crippen molar-refractivity contribution >= 4 is 27.5 Å². The van der Waals surface area contributed by atoms with Crippen molar-refractivity contribution in [1.29, 1.82) is 0 Å². The van der Waals surface area contributed by atoms with Gasteiger partial charge < -0.3 is 10.1 Å². The number of hydrogen-bond acceptors (Lipinski definition) is 2. The highest BCUT2D eigenvalue weighted by molar-refractivity contribution is 9.10. The number of halogens is 2. The molecule has 1 aromatic carbocycles. The molecule has 0 aromatic heterocycles. The van der Waals surface area contributed by atoms with Crippen molar-refractivity contribution < 1.29 is 4.74 Å². The van der Waals surface area contributed by atoms with Gasteiger partial charge in [0.05, 0.1) is 6.61 Å². The Labute approximate surface area is 117 Å². The van der Waals surface area contributed by atoms with Crippen LogP contribution in [0.3, 0.4) is 0 Å². The van der Waals surface area contributed by atoms with E-state index in [-0.39, 0.29) is 0 Å². The standard InChI is InChI=1S/C13H19BrClNO/c1-9(2)13(8-17-3)16-7-10-6-11(15)4-5-12(10)14/h4-6,9,13,16H,7-8H2,1-3H3. The highest BCUT2D eigenvalue weighted by Crippen LogP contribution is 2.21. The molecule has 0 amide bonds. The Morgan fingerprint density at radius 3 is 2.71 bits per heavy atom. The molecule has 96 valence electrons. The molecular formula is C13H19BrClNO. The predicted octanol–water partition coefficient (Wildman–Crippen LogP) is 3.86. The number of rotatable bonds is 6. The summed E-state index contributed by atoms with van der Waals surface area (Å²) in [5, 5.41) is 4.25. The van der Waals surface area contributed by atoms with Crippen molar-refractivity contribution in [3.8, 4) is 0 Å². The van der Waals surface area contributed by atoms with Crippen LogP contribution in [0.4, 0.5) is 0 Å². The van der Waals surface area contributed by atoms with Gasteiger partial charge in [0.2, 0.25) is 0 Å². The molecule has 1 unspecified atom stereocenters. The van der Waals surface area contributed by atoms with Gasteiger partial charge >= 0.3 is 0 Å². The van der Waals surface area contributed by atoms with E-state index in [1.54, 1.807) is 7.11 Å². The molecule has 1 aromatic rings. The minimum Gasteiger partial charge on any atom is -0.383 e. The lowest BCUT2D eigenvalue weighted by Gasteiger charge is -2.22. The molecule has 2 nitrogen and oxygen atoms in total. The first-order valence-electron chi connectivity index (χ1n) is 5.70. The summed E-state index contributed by atoms with van der Waals surface area (Å²) in [6, 6.07) is 6.18. The molecule has 0 aliphatic rings. The lowest BCUT2D eigenvalue weighted by Crippen LogP contribution is -2.37. The Morgan fingerprint density at radius 1 is 1.41 bits per heavy atom. The topological polar surface area (TPSA) is 21.3 Å². The third-order valence-electron chi connectivity index (χ3n) is 2.71. The second kappa shape index (κ2) is 7.37. The van der Waals surface area contributed by atoms with E-state index in [0.29, 0.717) is 12.0 Å². The van der Waals surface area contributed by atoms with Gasteiger partial charge in [0, 0.05) is 29.2 Å². The van der Waals surface area contributed by atoms with E-state index in [1.165, 1.54) is 5.56 Å². The minimum atomic E-state index is 0.353. The van der Waals surface area contributed by atoms with E-state index in [9.17, 15) is 0 Å². The van der Waals surface area contributed by atoms with Crippen LogP contribution in [0, 0.1) is 5.92 Å². The largest absolute Gasteiger partial charge is 0.383 e. The maximum absolute atomic E-state index is 5.98. The first-order chi connectivity index (χ1) is 8.04. The molecular weight excluding hydrogens is 302 g/mol. The van der Waals surface area contributed by atoms with Crippen LogP contribution in [0.2, 0.25) is 5.02 Å². The number of hydrogen-bond donors (Lipinski definition) is 1. The Morgan fingerprint density at radius 2 is 2.12 bits per heavy atom. The molecule has 0 saturated carbocycles. The van der Waals surface area contributed by atoms with E-state index in [2.05, 4.69) is 35.1 Å². The molecule has 0 saturated heterocycles. The van der Waals surface area contributed by atoms with Gasteiger partial charge in [0.25, 0.3) is 0 Å². The number of methoxy groups -OCH3 is 1. The van der Waals surface area contributed by atoms with E-state index in [4.69, 9.17) is 16.3 Å². The summed E-state index contributed by atoms with van der Waals surface area (Å²) < 4.78 is 6.29. The van der Waals surface area contributed by atoms with Crippen LogP contribution >= 0.6 is 27.5 Å². The first-order valence-corrected chi connectivity index (χ1v) is 6.88. The van der Waals surface area contributed by atoms with Crippen LogP contribution in [0.25, 0.3) is 0 Å². The average Bonchev–Trinajstić information content (AvgIpc) is 2.28. The Bertz CT molecular complexity index is 357. The summed E-state index contributed by atoms with van der Waals surface area (Å²) in [7, 11) is 1.73. The van der Waals surface area contributed by atoms with Crippen molar-refractivity contribution in [2.75, 3.05) is 13.7 Å². The Kier molecular flexibility index (Phi) is 6.49. The van der Waals surface area contributed by atoms with E-state index >= 15 is 0 Å². The summed E-state index contributed by atoms with van der Waals surface area (Å²) in [6.07, 6.45) is 0. The summed E-state index contributed by atoms with van der Waals surface area (Å²) in [4.78, 5) is 0. The highest BCUT2D eigenvalue weighted by Gasteiger charge is 2.12. The molecule has 0 heterocycles. The van der Waals surface area contributed by atoms with Crippen LogP contribution in [-0.2, 0) is 11.3 Å². The van der Waals surface area contributed by atoms with Crippen LogP contribution in [-0.4, -0.2) is 19.8 Å². The average molecular weight is 321 g/mol. The van der Waals surface area contributed by atoms with Crippen LogP contribution in [0.15, 0.2) is 22.7 Å². The molecule has 0 fully saturated rings. The summed E-state index contributed by atoms with van der Waals surface area (Å²) >= 11 is 9.51. The van der Waals surface area contributed by atoms with Crippen molar-refractivity contribution in [2.45, 2.75) is 26.4 Å². The van der Waals surface area contributed by atoms with Gasteiger partial charge in [-0.15, -0.1) is 0 Å². The van der Waals surface area contributed by atoms with Crippen molar-refractivity contribution in [3.05, 3.63) is 33.3 Å². The third-order valence-corrected chi connectivity index (χ3v) is 3.72. The molecule has 17 heavy (non-hydrogen) atoms. The summed E-state index contributed by atoms with van der Waals surface area (Å²) in [5.41, 5.74) is 1.17. The second-order valence-electron chi connectivity index (χ2n) is 4.42. The van der Waals surface area contributed by atoms with Crippen molar-refractivity contribution in [1.82, 2.24) is 5.32 Å². The van der Waals surface area contributed by atoms with E-state index in [0.717, 1.165) is 22.6 Å². The molecule has 1 atom stereocenters. The maximum Gasteiger partial charge on any atom is 0.0618 e. The zero-order valence-electron chi connectivity index (χ0n) is 10.5. The van der Waals surface area contributed by atoms with Gasteiger partial charge in [0.1, 0.15) is 0 Å². The fraction of sp³-hybridized carbons (Fsp3) is 0.538. The predicted molar refractivity (Wildman–Crippen MR) is 76.5 cm³/mol. The molecule has 4 heteroatoms. The van der Waals surface area contributed by atoms with Gasteiger partial charge in [-0.25, -0.2) is 0 Å². The van der Waals surface area contributed by atoms with E-state index < -0.39 is 0 Å². The molecule has 0 bridgehead atoms. The lowest BCUT2D eigenvalue weighted by atomic mass is 10.0. The first kappa shape index (κ1) is 15.0. The Balaban J connectivity index is 2.61. The monoisotopic (exact) mass is 319 g/mol. The van der Waals surface area contributed by atoms with Crippen molar-refractivity contribution in [3.63, 3.8) is 0 Å². The number of ether oxygens (including phenoxy) is 1. The SMILES string of the molecule is COCC(NCc1cc(Cl)ccc1Br)C(C)C.